The van der Waals surface area contributed by atoms with Crippen LogP contribution in [0.15, 0.2) is 23.0 Å². The maximum Gasteiger partial charge on any atom is 0.203 e. The Balaban J connectivity index is 2.02. The molecule has 0 heterocycles. The van der Waals surface area contributed by atoms with E-state index in [4.69, 9.17) is 0 Å². The van der Waals surface area contributed by atoms with Crippen LogP contribution in [0.3, 0.4) is 0 Å². The van der Waals surface area contributed by atoms with E-state index in [2.05, 4.69) is 0 Å². The summed E-state index contributed by atoms with van der Waals surface area (Å²) in [6.07, 6.45) is -0.192. The van der Waals surface area contributed by atoms with Crippen molar-refractivity contribution < 1.29 is 44.4 Å². The Hall–Kier alpha value is -3.59. The van der Waals surface area contributed by atoms with Gasteiger partial charge in [-0.1, -0.05) is 54.5 Å². The lowest BCUT2D eigenvalue weighted by Crippen LogP contribution is -2.69. The van der Waals surface area contributed by atoms with Crippen molar-refractivity contribution in [1.82, 2.24) is 0 Å². The number of carbonyl (C=O) groups is 5. The molecule has 0 aliphatic heterocycles. The number of phenols is 1. The number of phenolic OH excluding ortho intramolecular Hbond substituents is 1. The number of rotatable bonds is 8. The van der Waals surface area contributed by atoms with Gasteiger partial charge in [-0.05, 0) is 42.7 Å². The summed E-state index contributed by atoms with van der Waals surface area (Å²) in [6.45, 7) is 13.4. The van der Waals surface area contributed by atoms with Crippen LogP contribution < -0.4 is 0 Å². The lowest BCUT2D eigenvalue weighted by molar-refractivity contribution is -0.178. The predicted octanol–water partition coefficient (Wildman–Crippen LogP) is 4.79. The van der Waals surface area contributed by atoms with E-state index in [0.29, 0.717) is 5.56 Å². The summed E-state index contributed by atoms with van der Waals surface area (Å²) < 4.78 is 0. The first-order valence-corrected chi connectivity index (χ1v) is 14.9. The molecule has 1 fully saturated rings. The van der Waals surface area contributed by atoms with Gasteiger partial charge in [0.2, 0.25) is 5.78 Å². The minimum absolute atomic E-state index is 0.00255. The number of allylic oxidation sites excluding steroid dienone is 1. The number of carbonyl (C=O) groups excluding carboxylic acids is 5. The van der Waals surface area contributed by atoms with Crippen LogP contribution in [0.1, 0.15) is 103 Å². The number of aliphatic hydroxyl groups is 3. The van der Waals surface area contributed by atoms with Crippen molar-refractivity contribution in [2.45, 2.75) is 99.0 Å². The molecule has 9 nitrogen and oxygen atoms in total. The van der Waals surface area contributed by atoms with Crippen molar-refractivity contribution >= 4 is 34.7 Å². The zero-order chi connectivity index (χ0) is 32.6. The first-order valence-electron chi connectivity index (χ1n) is 14.9. The average molecular weight is 595 g/mol. The van der Waals surface area contributed by atoms with Crippen molar-refractivity contribution in [2.24, 2.45) is 22.7 Å². The summed E-state index contributed by atoms with van der Waals surface area (Å²) in [5.74, 6) is -6.62. The molecule has 0 radical (unpaired) electrons. The zero-order valence-corrected chi connectivity index (χ0v) is 26.2. The highest BCUT2D eigenvalue weighted by Gasteiger charge is 2.72. The van der Waals surface area contributed by atoms with Crippen molar-refractivity contribution in [3.63, 3.8) is 0 Å². The topological polar surface area (TPSA) is 166 Å². The number of Topliss-reactive ketones (excluding diaryl/α,β-unsaturated/α-hetero) is 5. The third kappa shape index (κ3) is 4.50. The number of aromatic hydroxyl groups is 1. The fourth-order valence-corrected chi connectivity index (χ4v) is 8.14. The molecule has 0 spiro atoms. The molecule has 1 unspecified atom stereocenters. The first-order chi connectivity index (χ1) is 19.8. The minimum atomic E-state index is -2.69. The quantitative estimate of drug-likeness (QED) is 0.244. The van der Waals surface area contributed by atoms with E-state index in [0.717, 1.165) is 12.5 Å². The fraction of sp³-hybridized carbons (Fsp3) is 0.559. The van der Waals surface area contributed by atoms with Crippen LogP contribution >= 0.6 is 0 Å². The Morgan fingerprint density at radius 1 is 1.02 bits per heavy atom. The van der Waals surface area contributed by atoms with Crippen molar-refractivity contribution in [3.05, 3.63) is 45.2 Å². The molecule has 3 aliphatic carbocycles. The van der Waals surface area contributed by atoms with E-state index >= 15 is 0 Å². The van der Waals surface area contributed by atoms with Crippen LogP contribution in [0, 0.1) is 22.7 Å². The van der Waals surface area contributed by atoms with Crippen LogP contribution in [0.5, 0.6) is 5.75 Å². The molecule has 4 atom stereocenters. The summed E-state index contributed by atoms with van der Waals surface area (Å²) in [5.41, 5.74) is -4.72. The lowest BCUT2D eigenvalue weighted by atomic mass is 9.43. The highest BCUT2D eigenvalue weighted by molar-refractivity contribution is 6.24. The minimum Gasteiger partial charge on any atom is -0.508 e. The highest BCUT2D eigenvalue weighted by atomic mass is 16.3. The molecule has 1 aromatic carbocycles. The molecule has 1 saturated carbocycles. The summed E-state index contributed by atoms with van der Waals surface area (Å²) >= 11 is 0. The third-order valence-corrected chi connectivity index (χ3v) is 9.92. The van der Waals surface area contributed by atoms with Gasteiger partial charge in [-0.2, -0.15) is 0 Å². The van der Waals surface area contributed by atoms with Gasteiger partial charge in [0.25, 0.3) is 0 Å². The molecule has 43 heavy (non-hydrogen) atoms. The standard InChI is InChI=1S/C34H42O9/c1-9-19(36)12-20(37)10-18-11-21(15(2)3)22-13-32(7)14-33(8)25(16(4)5)28(39)23(17(6)35)30(41)34(33,43)31(42)26(32)29(40)24(22)27(18)38/h11,15-16,25,38,40-41,43H,9-10,12-14H2,1-8H3/t25?,32-,33-,34+/m1/s1. The monoisotopic (exact) mass is 594 g/mol. The second-order valence-corrected chi connectivity index (χ2v) is 13.7. The normalized spacial score (nSPS) is 28.7. The Kier molecular flexibility index (Phi) is 7.92. The van der Waals surface area contributed by atoms with Gasteiger partial charge < -0.3 is 20.4 Å². The Labute approximate surface area is 251 Å². The largest absolute Gasteiger partial charge is 0.508 e. The molecule has 4 rings (SSSR count). The van der Waals surface area contributed by atoms with E-state index in [9.17, 15) is 44.4 Å². The van der Waals surface area contributed by atoms with E-state index < -0.39 is 74.2 Å². The van der Waals surface area contributed by atoms with E-state index in [1.54, 1.807) is 40.7 Å². The number of fused-ring (bicyclic) bond motifs is 3. The van der Waals surface area contributed by atoms with Gasteiger partial charge in [-0.3, -0.25) is 24.0 Å². The summed E-state index contributed by atoms with van der Waals surface area (Å²) in [4.78, 5) is 65.2. The Morgan fingerprint density at radius 2 is 1.63 bits per heavy atom. The Morgan fingerprint density at radius 3 is 2.14 bits per heavy atom. The molecule has 3 aliphatic rings. The van der Waals surface area contributed by atoms with Crippen LogP contribution in [-0.2, 0) is 36.8 Å². The van der Waals surface area contributed by atoms with Crippen LogP contribution in [-0.4, -0.2) is 54.9 Å². The average Bonchev–Trinajstić information content (AvgIpc) is 2.86. The summed E-state index contributed by atoms with van der Waals surface area (Å²) in [5, 5.41) is 46.8. The van der Waals surface area contributed by atoms with Gasteiger partial charge in [-0.15, -0.1) is 0 Å². The zero-order valence-electron chi connectivity index (χ0n) is 26.2. The molecule has 0 bridgehead atoms. The lowest BCUT2D eigenvalue weighted by Gasteiger charge is -2.60. The number of benzene rings is 1. The second-order valence-electron chi connectivity index (χ2n) is 13.7. The van der Waals surface area contributed by atoms with Crippen LogP contribution in [0.2, 0.25) is 0 Å². The van der Waals surface area contributed by atoms with Crippen LogP contribution in [0.4, 0.5) is 0 Å². The maximum atomic E-state index is 14.5. The Bertz CT molecular complexity index is 1540. The van der Waals surface area contributed by atoms with Gasteiger partial charge in [-0.25, -0.2) is 0 Å². The SMILES string of the molecule is CCC(=O)CC(=O)Cc1cc(C(C)C)c2c(c1O)C(O)=C1C(=O)[C@@]3(O)C(O)=C(C(C)=O)C(=O)C(C(C)C)[C@@]3(C)C[C@@]1(C)C2. The molecule has 232 valence electrons. The molecule has 4 N–H and O–H groups in total. The van der Waals surface area contributed by atoms with E-state index in [1.807, 2.05) is 13.8 Å². The molecular weight excluding hydrogens is 552 g/mol. The fourth-order valence-electron chi connectivity index (χ4n) is 8.14. The summed E-state index contributed by atoms with van der Waals surface area (Å²) in [6, 6.07) is 1.70. The highest BCUT2D eigenvalue weighted by Crippen LogP contribution is 2.65. The van der Waals surface area contributed by atoms with Gasteiger partial charge in [0.15, 0.2) is 17.2 Å². The van der Waals surface area contributed by atoms with Gasteiger partial charge in [0, 0.05) is 40.7 Å². The van der Waals surface area contributed by atoms with E-state index in [1.165, 1.54) is 0 Å². The third-order valence-electron chi connectivity index (χ3n) is 9.92. The molecule has 0 aromatic heterocycles. The molecule has 1 aromatic rings. The van der Waals surface area contributed by atoms with Crippen molar-refractivity contribution in [1.29, 1.82) is 0 Å². The van der Waals surface area contributed by atoms with E-state index in [-0.39, 0.29) is 60.5 Å². The van der Waals surface area contributed by atoms with Gasteiger partial charge >= 0.3 is 0 Å². The van der Waals surface area contributed by atoms with Gasteiger partial charge in [0.1, 0.15) is 34.4 Å². The second kappa shape index (κ2) is 10.5. The van der Waals surface area contributed by atoms with Crippen LogP contribution in [0.25, 0.3) is 5.76 Å². The van der Waals surface area contributed by atoms with Crippen molar-refractivity contribution in [2.75, 3.05) is 0 Å². The number of aliphatic hydroxyl groups excluding tert-OH is 2. The maximum absolute atomic E-state index is 14.5. The molecule has 0 amide bonds. The molecule has 0 saturated heterocycles. The predicted molar refractivity (Wildman–Crippen MR) is 159 cm³/mol. The first kappa shape index (κ1) is 32.3. The summed E-state index contributed by atoms with van der Waals surface area (Å²) in [7, 11) is 0. The number of hydrogen-bond donors (Lipinski definition) is 4. The van der Waals surface area contributed by atoms with Gasteiger partial charge in [0.05, 0.1) is 12.0 Å². The molecular formula is C34H42O9. The number of ketones is 5. The van der Waals surface area contributed by atoms with Crippen molar-refractivity contribution in [3.8, 4) is 5.75 Å². The number of hydrogen-bond acceptors (Lipinski definition) is 9. The smallest absolute Gasteiger partial charge is 0.203 e. The molecule has 9 heteroatoms.